The normalized spacial score (nSPS) is 48.0. The van der Waals surface area contributed by atoms with Gasteiger partial charge in [0.15, 0.2) is 0 Å². The number of likely N-dealkylation sites (N-methyl/N-ethyl adjacent to an activating group) is 1. The molecule has 2 nitrogen and oxygen atoms in total. The van der Waals surface area contributed by atoms with Crippen LogP contribution >= 0.6 is 0 Å². The molecule has 0 saturated carbocycles. The molecule has 0 spiro atoms. The first kappa shape index (κ1) is 6.55. The van der Waals surface area contributed by atoms with Crippen molar-refractivity contribution in [2.45, 2.75) is 12.2 Å². The summed E-state index contributed by atoms with van der Waals surface area (Å²) >= 11 is 0. The van der Waals surface area contributed by atoms with Gasteiger partial charge in [0.05, 0.1) is 0 Å². The summed E-state index contributed by atoms with van der Waals surface area (Å²) in [5.41, 5.74) is 0. The van der Waals surface area contributed by atoms with Crippen LogP contribution in [0.4, 0.5) is 4.39 Å². The Kier molecular flexibility index (Phi) is 1.42. The van der Waals surface area contributed by atoms with Gasteiger partial charge in [0, 0.05) is 31.6 Å². The SMILES string of the molecule is CN1C[C@H](F)[C@H]2CNC[C@H]21. The number of halogens is 1. The number of fused-ring (bicyclic) bond motifs is 1. The zero-order valence-electron chi connectivity index (χ0n) is 6.18. The first-order valence-corrected chi connectivity index (χ1v) is 3.84. The average Bonchev–Trinajstić information content (AvgIpc) is 2.39. The highest BCUT2D eigenvalue weighted by molar-refractivity contribution is 4.98. The largest absolute Gasteiger partial charge is 0.315 e. The Morgan fingerprint density at radius 3 is 3.00 bits per heavy atom. The summed E-state index contributed by atoms with van der Waals surface area (Å²) in [5.74, 6) is 0.269. The first-order chi connectivity index (χ1) is 4.79. The molecular formula is C7H13FN2. The van der Waals surface area contributed by atoms with E-state index < -0.39 is 6.17 Å². The minimum absolute atomic E-state index is 0.269. The summed E-state index contributed by atoms with van der Waals surface area (Å²) in [7, 11) is 2.00. The summed E-state index contributed by atoms with van der Waals surface area (Å²) in [6.07, 6.45) is -0.593. The Morgan fingerprint density at radius 2 is 2.30 bits per heavy atom. The van der Waals surface area contributed by atoms with Gasteiger partial charge in [-0.25, -0.2) is 4.39 Å². The molecule has 0 unspecified atom stereocenters. The predicted molar refractivity (Wildman–Crippen MR) is 37.7 cm³/mol. The second kappa shape index (κ2) is 2.17. The van der Waals surface area contributed by atoms with Gasteiger partial charge in [-0.15, -0.1) is 0 Å². The van der Waals surface area contributed by atoms with Crippen LogP contribution in [0, 0.1) is 5.92 Å². The molecule has 58 valence electrons. The third-order valence-electron chi connectivity index (χ3n) is 2.72. The third kappa shape index (κ3) is 0.772. The van der Waals surface area contributed by atoms with E-state index in [2.05, 4.69) is 10.2 Å². The molecule has 3 atom stereocenters. The van der Waals surface area contributed by atoms with E-state index in [0.717, 1.165) is 13.1 Å². The van der Waals surface area contributed by atoms with Crippen molar-refractivity contribution >= 4 is 0 Å². The van der Waals surface area contributed by atoms with Crippen molar-refractivity contribution in [1.29, 1.82) is 0 Å². The summed E-state index contributed by atoms with van der Waals surface area (Å²) in [6.45, 7) is 2.48. The molecule has 0 aliphatic carbocycles. The Hall–Kier alpha value is -0.150. The van der Waals surface area contributed by atoms with E-state index in [0.29, 0.717) is 12.6 Å². The molecule has 2 aliphatic heterocycles. The molecule has 2 rings (SSSR count). The van der Waals surface area contributed by atoms with Crippen LogP contribution in [-0.2, 0) is 0 Å². The van der Waals surface area contributed by atoms with Crippen molar-refractivity contribution in [2.24, 2.45) is 5.92 Å². The number of nitrogens with one attached hydrogen (secondary N) is 1. The molecule has 0 aromatic rings. The predicted octanol–water partition coefficient (Wildman–Crippen LogP) is -0.142. The maximum atomic E-state index is 13.0. The van der Waals surface area contributed by atoms with Gasteiger partial charge in [-0.05, 0) is 7.05 Å². The molecule has 0 radical (unpaired) electrons. The van der Waals surface area contributed by atoms with Gasteiger partial charge < -0.3 is 5.32 Å². The number of likely N-dealkylation sites (tertiary alicyclic amines) is 1. The molecular weight excluding hydrogens is 131 g/mol. The lowest BCUT2D eigenvalue weighted by Gasteiger charge is -2.15. The third-order valence-corrected chi connectivity index (χ3v) is 2.72. The summed E-state index contributed by atoms with van der Waals surface area (Å²) in [5, 5.41) is 3.20. The minimum Gasteiger partial charge on any atom is -0.315 e. The number of nitrogens with zero attached hydrogens (tertiary/aromatic N) is 1. The molecule has 2 fully saturated rings. The minimum atomic E-state index is -0.593. The quantitative estimate of drug-likeness (QED) is 0.509. The molecule has 3 heteroatoms. The number of hydrogen-bond donors (Lipinski definition) is 1. The highest BCUT2D eigenvalue weighted by atomic mass is 19.1. The van der Waals surface area contributed by atoms with Gasteiger partial charge in [-0.3, -0.25) is 4.90 Å². The monoisotopic (exact) mass is 144 g/mol. The van der Waals surface area contributed by atoms with Gasteiger partial charge in [-0.2, -0.15) is 0 Å². The lowest BCUT2D eigenvalue weighted by atomic mass is 10.0. The Balaban J connectivity index is 2.11. The number of hydrogen-bond acceptors (Lipinski definition) is 2. The second-order valence-corrected chi connectivity index (χ2v) is 3.35. The van der Waals surface area contributed by atoms with E-state index in [-0.39, 0.29) is 5.92 Å². The van der Waals surface area contributed by atoms with Crippen molar-refractivity contribution in [2.75, 3.05) is 26.7 Å². The van der Waals surface area contributed by atoms with Crippen LogP contribution in [-0.4, -0.2) is 43.8 Å². The molecule has 1 N–H and O–H groups in total. The molecule has 0 aromatic heterocycles. The molecule has 0 aromatic carbocycles. The van der Waals surface area contributed by atoms with E-state index in [4.69, 9.17) is 0 Å². The van der Waals surface area contributed by atoms with E-state index in [1.165, 1.54) is 0 Å². The van der Waals surface area contributed by atoms with E-state index in [9.17, 15) is 4.39 Å². The van der Waals surface area contributed by atoms with Gasteiger partial charge >= 0.3 is 0 Å². The fourth-order valence-electron chi connectivity index (χ4n) is 2.08. The van der Waals surface area contributed by atoms with Crippen LogP contribution in [0.3, 0.4) is 0 Å². The van der Waals surface area contributed by atoms with Gasteiger partial charge in [0.25, 0.3) is 0 Å². The second-order valence-electron chi connectivity index (χ2n) is 3.35. The summed E-state index contributed by atoms with van der Waals surface area (Å²) in [4.78, 5) is 2.12. The van der Waals surface area contributed by atoms with Crippen molar-refractivity contribution < 1.29 is 4.39 Å². The van der Waals surface area contributed by atoms with Gasteiger partial charge in [0.1, 0.15) is 6.17 Å². The van der Waals surface area contributed by atoms with E-state index in [1.54, 1.807) is 0 Å². The molecule has 0 bridgehead atoms. The van der Waals surface area contributed by atoms with E-state index >= 15 is 0 Å². The maximum Gasteiger partial charge on any atom is 0.118 e. The fourth-order valence-corrected chi connectivity index (χ4v) is 2.08. The lowest BCUT2D eigenvalue weighted by Crippen LogP contribution is -2.30. The van der Waals surface area contributed by atoms with Crippen LogP contribution < -0.4 is 5.32 Å². The average molecular weight is 144 g/mol. The van der Waals surface area contributed by atoms with Crippen LogP contribution in [0.5, 0.6) is 0 Å². The molecule has 2 heterocycles. The Labute approximate surface area is 60.4 Å². The van der Waals surface area contributed by atoms with Crippen LogP contribution in [0.25, 0.3) is 0 Å². The molecule has 0 amide bonds. The summed E-state index contributed by atoms with van der Waals surface area (Å²) < 4.78 is 13.0. The highest BCUT2D eigenvalue weighted by Gasteiger charge is 2.42. The van der Waals surface area contributed by atoms with Crippen LogP contribution in [0.15, 0.2) is 0 Å². The van der Waals surface area contributed by atoms with Crippen molar-refractivity contribution in [3.05, 3.63) is 0 Å². The number of alkyl halides is 1. The van der Waals surface area contributed by atoms with Gasteiger partial charge in [-0.1, -0.05) is 0 Å². The van der Waals surface area contributed by atoms with Crippen molar-refractivity contribution in [3.63, 3.8) is 0 Å². The fraction of sp³-hybridized carbons (Fsp3) is 1.00. The van der Waals surface area contributed by atoms with Crippen LogP contribution in [0.1, 0.15) is 0 Å². The molecule has 10 heavy (non-hydrogen) atoms. The molecule has 2 aliphatic rings. The molecule has 2 saturated heterocycles. The number of rotatable bonds is 0. The Morgan fingerprint density at radius 1 is 1.50 bits per heavy atom. The zero-order chi connectivity index (χ0) is 7.14. The van der Waals surface area contributed by atoms with Crippen molar-refractivity contribution in [1.82, 2.24) is 10.2 Å². The first-order valence-electron chi connectivity index (χ1n) is 3.84. The topological polar surface area (TPSA) is 15.3 Å². The van der Waals surface area contributed by atoms with Crippen LogP contribution in [0.2, 0.25) is 0 Å². The zero-order valence-corrected chi connectivity index (χ0v) is 6.18. The Bertz CT molecular complexity index is 126. The van der Waals surface area contributed by atoms with Crippen molar-refractivity contribution in [3.8, 4) is 0 Å². The standard InChI is InChI=1S/C7H13FN2/c1-10-4-6(8)5-2-9-3-7(5)10/h5-7,9H,2-4H2,1H3/t5-,6+,7-/m1/s1. The highest BCUT2D eigenvalue weighted by Crippen LogP contribution is 2.27. The lowest BCUT2D eigenvalue weighted by molar-refractivity contribution is 0.280. The summed E-state index contributed by atoms with van der Waals surface area (Å²) in [6, 6.07) is 0.468. The maximum absolute atomic E-state index is 13.0. The smallest absolute Gasteiger partial charge is 0.118 e. The van der Waals surface area contributed by atoms with E-state index in [1.807, 2.05) is 7.05 Å². The van der Waals surface area contributed by atoms with Gasteiger partial charge in [0.2, 0.25) is 0 Å².